The molecule has 156 valence electrons. The number of halogens is 1. The van der Waals surface area contributed by atoms with Gasteiger partial charge in [0.15, 0.2) is 11.5 Å². The van der Waals surface area contributed by atoms with Gasteiger partial charge in [0.05, 0.1) is 23.2 Å². The predicted molar refractivity (Wildman–Crippen MR) is 110 cm³/mol. The second kappa shape index (κ2) is 6.01. The van der Waals surface area contributed by atoms with Gasteiger partial charge in [0.25, 0.3) is 0 Å². The molecule has 6 atom stereocenters. The van der Waals surface area contributed by atoms with Gasteiger partial charge in [0, 0.05) is 22.9 Å². The van der Waals surface area contributed by atoms with Crippen LogP contribution in [0.25, 0.3) is 0 Å². The molecule has 0 aromatic heterocycles. The normalized spacial score (nSPS) is 34.1. The zero-order valence-electron chi connectivity index (χ0n) is 16.2. The fourth-order valence-corrected chi connectivity index (χ4v) is 6.39. The molecule has 0 unspecified atom stereocenters. The largest absolute Gasteiger partial charge is 0.454 e. The second-order valence-electron chi connectivity index (χ2n) is 8.74. The molecular formula is C23H17ClN2O5. The van der Waals surface area contributed by atoms with Crippen molar-refractivity contribution in [2.75, 3.05) is 11.7 Å². The van der Waals surface area contributed by atoms with Crippen molar-refractivity contribution >= 4 is 34.8 Å². The van der Waals surface area contributed by atoms with Crippen LogP contribution < -0.4 is 14.4 Å². The fraction of sp³-hybridized carbons (Fsp3) is 0.348. The summed E-state index contributed by atoms with van der Waals surface area (Å²) < 4.78 is 10.8. The van der Waals surface area contributed by atoms with E-state index in [0.29, 0.717) is 22.2 Å². The van der Waals surface area contributed by atoms with E-state index >= 15 is 0 Å². The van der Waals surface area contributed by atoms with Crippen LogP contribution in [-0.4, -0.2) is 30.4 Å². The minimum atomic E-state index is -0.357. The predicted octanol–water partition coefficient (Wildman–Crippen LogP) is 3.24. The second-order valence-corrected chi connectivity index (χ2v) is 9.18. The highest BCUT2D eigenvalue weighted by molar-refractivity contribution is 6.30. The lowest BCUT2D eigenvalue weighted by Gasteiger charge is -2.29. The highest BCUT2D eigenvalue weighted by atomic mass is 35.5. The number of imide groups is 1. The van der Waals surface area contributed by atoms with E-state index < -0.39 is 0 Å². The van der Waals surface area contributed by atoms with Gasteiger partial charge in [-0.3, -0.25) is 9.59 Å². The highest BCUT2D eigenvalue weighted by Gasteiger charge is 2.70. The molecule has 3 aliphatic heterocycles. The number of oxime groups is 1. The van der Waals surface area contributed by atoms with Gasteiger partial charge in [-0.2, -0.15) is 0 Å². The third-order valence-electron chi connectivity index (χ3n) is 7.44. The molecule has 2 aromatic carbocycles. The van der Waals surface area contributed by atoms with Crippen molar-refractivity contribution < 1.29 is 23.9 Å². The Balaban J connectivity index is 1.23. The van der Waals surface area contributed by atoms with E-state index in [1.54, 1.807) is 18.2 Å². The number of benzene rings is 2. The molecule has 0 radical (unpaired) electrons. The Kier molecular flexibility index (Phi) is 3.41. The zero-order chi connectivity index (χ0) is 20.9. The molecule has 1 saturated heterocycles. The number of amides is 2. The van der Waals surface area contributed by atoms with Gasteiger partial charge in [0.1, 0.15) is 6.10 Å². The molecule has 2 bridgehead atoms. The standard InChI is InChI=1S/C23H17ClN2O5/c24-11-3-1-10(2-4-11)20-19-13-8-14(21(19)31-25-20)18-17(13)22(27)26(23(18)28)12-5-6-15-16(7-12)30-9-29-15/h1-7,13-14,17-19,21H,8-9H2/t13-,14+,17+,18-,19+,21+/m1/s1. The van der Waals surface area contributed by atoms with Gasteiger partial charge in [-0.25, -0.2) is 4.90 Å². The van der Waals surface area contributed by atoms with Crippen LogP contribution in [0.1, 0.15) is 12.0 Å². The van der Waals surface area contributed by atoms with Crippen LogP contribution in [0.15, 0.2) is 47.6 Å². The number of rotatable bonds is 2. The number of carbonyl (C=O) groups is 2. The monoisotopic (exact) mass is 436 g/mol. The van der Waals surface area contributed by atoms with E-state index in [1.807, 2.05) is 24.3 Å². The lowest BCUT2D eigenvalue weighted by atomic mass is 9.71. The summed E-state index contributed by atoms with van der Waals surface area (Å²) >= 11 is 6.03. The Hall–Kier alpha value is -3.06. The van der Waals surface area contributed by atoms with Crippen molar-refractivity contribution in [3.05, 3.63) is 53.1 Å². The molecule has 5 aliphatic rings. The minimum absolute atomic E-state index is 0.0102. The summed E-state index contributed by atoms with van der Waals surface area (Å²) in [6.45, 7) is 0.142. The number of carbonyl (C=O) groups excluding carboxylic acids is 2. The number of hydrogen-bond acceptors (Lipinski definition) is 6. The summed E-state index contributed by atoms with van der Waals surface area (Å²) in [5, 5.41) is 5.02. The van der Waals surface area contributed by atoms with E-state index in [-0.39, 0.29) is 54.3 Å². The number of nitrogens with zero attached hydrogens (tertiary/aromatic N) is 2. The molecule has 3 heterocycles. The summed E-state index contributed by atoms with van der Waals surface area (Å²) in [7, 11) is 0. The maximum Gasteiger partial charge on any atom is 0.238 e. The topological polar surface area (TPSA) is 77.4 Å². The first kappa shape index (κ1) is 17.6. The van der Waals surface area contributed by atoms with Gasteiger partial charge in [-0.15, -0.1) is 0 Å². The van der Waals surface area contributed by atoms with Crippen LogP contribution in [0.3, 0.4) is 0 Å². The van der Waals surface area contributed by atoms with Crippen molar-refractivity contribution in [3.8, 4) is 11.5 Å². The molecule has 2 amide bonds. The Morgan fingerprint density at radius 3 is 2.45 bits per heavy atom. The summed E-state index contributed by atoms with van der Waals surface area (Å²) in [6.07, 6.45) is 0.648. The van der Waals surface area contributed by atoms with E-state index in [0.717, 1.165) is 17.7 Å². The van der Waals surface area contributed by atoms with Gasteiger partial charge in [0.2, 0.25) is 18.6 Å². The number of anilines is 1. The van der Waals surface area contributed by atoms with Gasteiger partial charge < -0.3 is 14.3 Å². The van der Waals surface area contributed by atoms with Crippen molar-refractivity contribution in [1.82, 2.24) is 0 Å². The van der Waals surface area contributed by atoms with E-state index in [2.05, 4.69) is 5.16 Å². The molecule has 2 aromatic rings. The Labute approximate surface area is 182 Å². The minimum Gasteiger partial charge on any atom is -0.454 e. The smallest absolute Gasteiger partial charge is 0.238 e. The number of hydrogen-bond donors (Lipinski definition) is 0. The quantitative estimate of drug-likeness (QED) is 0.675. The summed E-state index contributed by atoms with van der Waals surface area (Å²) in [5.41, 5.74) is 2.34. The molecule has 2 saturated carbocycles. The van der Waals surface area contributed by atoms with Crippen LogP contribution in [0.2, 0.25) is 5.02 Å². The van der Waals surface area contributed by atoms with Crippen LogP contribution in [0.5, 0.6) is 11.5 Å². The van der Waals surface area contributed by atoms with E-state index in [9.17, 15) is 9.59 Å². The van der Waals surface area contributed by atoms with Crippen LogP contribution in [0, 0.1) is 29.6 Å². The average molecular weight is 437 g/mol. The first-order valence-corrected chi connectivity index (χ1v) is 10.8. The lowest BCUT2D eigenvalue weighted by Crippen LogP contribution is -2.41. The lowest BCUT2D eigenvalue weighted by molar-refractivity contribution is -0.125. The Morgan fingerprint density at radius 1 is 0.903 bits per heavy atom. The van der Waals surface area contributed by atoms with Gasteiger partial charge >= 0.3 is 0 Å². The average Bonchev–Trinajstić information content (AvgIpc) is 3.55. The van der Waals surface area contributed by atoms with Gasteiger partial charge in [-0.1, -0.05) is 28.9 Å². The zero-order valence-corrected chi connectivity index (χ0v) is 17.0. The third-order valence-corrected chi connectivity index (χ3v) is 7.70. The third kappa shape index (κ3) is 2.22. The van der Waals surface area contributed by atoms with Crippen molar-refractivity contribution in [1.29, 1.82) is 0 Å². The van der Waals surface area contributed by atoms with Crippen LogP contribution >= 0.6 is 11.6 Å². The first-order chi connectivity index (χ1) is 15.1. The fourth-order valence-electron chi connectivity index (χ4n) is 6.26. The highest BCUT2D eigenvalue weighted by Crippen LogP contribution is 2.62. The molecule has 7 nitrogen and oxygen atoms in total. The molecule has 3 fully saturated rings. The van der Waals surface area contributed by atoms with Crippen LogP contribution in [0.4, 0.5) is 5.69 Å². The summed E-state index contributed by atoms with van der Waals surface area (Å²) in [5.74, 6) is 0.223. The number of fused-ring (bicyclic) bond motifs is 9. The van der Waals surface area contributed by atoms with E-state index in [1.165, 1.54) is 4.90 Å². The van der Waals surface area contributed by atoms with Crippen molar-refractivity contribution in [3.63, 3.8) is 0 Å². The summed E-state index contributed by atoms with van der Waals surface area (Å²) in [6, 6.07) is 12.7. The van der Waals surface area contributed by atoms with Crippen LogP contribution in [-0.2, 0) is 14.4 Å². The maximum atomic E-state index is 13.5. The van der Waals surface area contributed by atoms with E-state index in [4.69, 9.17) is 25.9 Å². The first-order valence-electron chi connectivity index (χ1n) is 10.4. The molecule has 0 N–H and O–H groups in total. The SMILES string of the molecule is O=C1[C@@H]2[C@@H]3C[C@@H]([C@H]4C(c5ccc(Cl)cc5)=NO[C@@H]34)[C@@H]2C(=O)N1c1ccc2c(c1)OCO2. The molecular weight excluding hydrogens is 420 g/mol. The Bertz CT molecular complexity index is 1180. The Morgan fingerprint density at radius 2 is 1.65 bits per heavy atom. The summed E-state index contributed by atoms with van der Waals surface area (Å²) in [4.78, 5) is 34.1. The molecule has 0 spiro atoms. The molecule has 2 aliphatic carbocycles. The van der Waals surface area contributed by atoms with Crippen molar-refractivity contribution in [2.45, 2.75) is 12.5 Å². The number of ether oxygens (including phenoxy) is 2. The molecule has 7 rings (SSSR count). The van der Waals surface area contributed by atoms with Gasteiger partial charge in [-0.05, 0) is 42.2 Å². The molecule has 31 heavy (non-hydrogen) atoms. The maximum absolute atomic E-state index is 13.5. The molecule has 8 heteroatoms. The van der Waals surface area contributed by atoms with Crippen molar-refractivity contribution in [2.24, 2.45) is 34.7 Å².